The predicted octanol–water partition coefficient (Wildman–Crippen LogP) is 2.89. The highest BCUT2D eigenvalue weighted by molar-refractivity contribution is 4.70. The van der Waals surface area contributed by atoms with Gasteiger partial charge < -0.3 is 10.2 Å². The Morgan fingerprint density at radius 1 is 1.12 bits per heavy atom. The zero-order chi connectivity index (χ0) is 11.8. The molecule has 0 heterocycles. The van der Waals surface area contributed by atoms with Gasteiger partial charge in [0.15, 0.2) is 0 Å². The molecule has 0 saturated heterocycles. The maximum Gasteiger partial charge on any atom is 0.00510 e. The molecule has 0 aromatic heterocycles. The molecule has 1 aliphatic carbocycles. The fraction of sp³-hybridized carbons (Fsp3) is 1.00. The SMILES string of the molecule is CC(CCN(C)C)NCC1CCCCCC1. The van der Waals surface area contributed by atoms with E-state index in [1.807, 2.05) is 0 Å². The largest absolute Gasteiger partial charge is 0.314 e. The summed E-state index contributed by atoms with van der Waals surface area (Å²) >= 11 is 0. The Bertz CT molecular complexity index is 160. The van der Waals surface area contributed by atoms with E-state index in [0.29, 0.717) is 6.04 Å². The Hall–Kier alpha value is -0.0800. The highest BCUT2D eigenvalue weighted by atomic mass is 15.1. The molecule has 16 heavy (non-hydrogen) atoms. The smallest absolute Gasteiger partial charge is 0.00510 e. The predicted molar refractivity (Wildman–Crippen MR) is 71.8 cm³/mol. The molecule has 0 aliphatic heterocycles. The van der Waals surface area contributed by atoms with Gasteiger partial charge in [-0.2, -0.15) is 0 Å². The van der Waals surface area contributed by atoms with Crippen LogP contribution < -0.4 is 5.32 Å². The molecule has 2 heteroatoms. The van der Waals surface area contributed by atoms with Crippen molar-refractivity contribution in [3.05, 3.63) is 0 Å². The third-order valence-corrected chi connectivity index (χ3v) is 3.74. The van der Waals surface area contributed by atoms with Crippen LogP contribution in [0.5, 0.6) is 0 Å². The number of rotatable bonds is 6. The number of nitrogens with one attached hydrogen (secondary N) is 1. The van der Waals surface area contributed by atoms with Crippen molar-refractivity contribution in [2.45, 2.75) is 57.9 Å². The normalized spacial score (nSPS) is 21.0. The van der Waals surface area contributed by atoms with E-state index in [1.54, 1.807) is 0 Å². The van der Waals surface area contributed by atoms with E-state index in [0.717, 1.165) is 5.92 Å². The molecule has 96 valence electrons. The summed E-state index contributed by atoms with van der Waals surface area (Å²) in [5.74, 6) is 0.948. The number of hydrogen-bond donors (Lipinski definition) is 1. The summed E-state index contributed by atoms with van der Waals surface area (Å²) in [4.78, 5) is 2.27. The summed E-state index contributed by atoms with van der Waals surface area (Å²) in [5.41, 5.74) is 0. The van der Waals surface area contributed by atoms with Gasteiger partial charge in [0.25, 0.3) is 0 Å². The van der Waals surface area contributed by atoms with Crippen LogP contribution in [-0.2, 0) is 0 Å². The summed E-state index contributed by atoms with van der Waals surface area (Å²) in [6, 6.07) is 0.672. The van der Waals surface area contributed by atoms with Crippen LogP contribution in [0, 0.1) is 5.92 Å². The van der Waals surface area contributed by atoms with Crippen molar-refractivity contribution >= 4 is 0 Å². The van der Waals surface area contributed by atoms with Crippen LogP contribution in [0.1, 0.15) is 51.9 Å². The van der Waals surface area contributed by atoms with Crippen molar-refractivity contribution in [3.8, 4) is 0 Å². The summed E-state index contributed by atoms with van der Waals surface area (Å²) in [6.45, 7) is 4.76. The summed E-state index contributed by atoms with van der Waals surface area (Å²) in [6.07, 6.45) is 10.0. The van der Waals surface area contributed by atoms with Crippen LogP contribution in [0.4, 0.5) is 0 Å². The van der Waals surface area contributed by atoms with Crippen LogP contribution in [0.3, 0.4) is 0 Å². The van der Waals surface area contributed by atoms with Crippen molar-refractivity contribution in [3.63, 3.8) is 0 Å². The Kier molecular flexibility index (Phi) is 7.06. The molecule has 0 bridgehead atoms. The van der Waals surface area contributed by atoms with Crippen molar-refractivity contribution in [2.24, 2.45) is 5.92 Å². The quantitative estimate of drug-likeness (QED) is 0.701. The second kappa shape index (κ2) is 8.08. The molecular weight excluding hydrogens is 196 g/mol. The van der Waals surface area contributed by atoms with E-state index in [-0.39, 0.29) is 0 Å². The molecule has 1 fully saturated rings. The van der Waals surface area contributed by atoms with Crippen molar-refractivity contribution in [1.82, 2.24) is 10.2 Å². The summed E-state index contributed by atoms with van der Waals surface area (Å²) in [7, 11) is 4.30. The molecule has 2 nitrogen and oxygen atoms in total. The standard InChI is InChI=1S/C14H30N2/c1-13(10-11-16(2)3)15-12-14-8-6-4-5-7-9-14/h13-15H,4-12H2,1-3H3. The molecule has 0 aromatic rings. The number of hydrogen-bond acceptors (Lipinski definition) is 2. The van der Waals surface area contributed by atoms with E-state index < -0.39 is 0 Å². The second-order valence-corrected chi connectivity index (χ2v) is 5.76. The first-order valence-corrected chi connectivity index (χ1v) is 7.06. The zero-order valence-corrected chi connectivity index (χ0v) is 11.5. The maximum absolute atomic E-state index is 3.71. The fourth-order valence-corrected chi connectivity index (χ4v) is 2.49. The maximum atomic E-state index is 3.71. The van der Waals surface area contributed by atoms with Gasteiger partial charge in [-0.3, -0.25) is 0 Å². The Balaban J connectivity index is 2.07. The lowest BCUT2D eigenvalue weighted by Crippen LogP contribution is -2.33. The molecule has 0 aromatic carbocycles. The zero-order valence-electron chi connectivity index (χ0n) is 11.5. The van der Waals surface area contributed by atoms with E-state index in [9.17, 15) is 0 Å². The molecule has 1 rings (SSSR count). The number of nitrogens with zero attached hydrogens (tertiary/aromatic N) is 1. The first-order valence-electron chi connectivity index (χ1n) is 7.06. The van der Waals surface area contributed by atoms with Gasteiger partial charge in [0.1, 0.15) is 0 Å². The van der Waals surface area contributed by atoms with E-state index in [4.69, 9.17) is 0 Å². The topological polar surface area (TPSA) is 15.3 Å². The van der Waals surface area contributed by atoms with Crippen molar-refractivity contribution in [2.75, 3.05) is 27.2 Å². The Morgan fingerprint density at radius 3 is 2.31 bits per heavy atom. The molecule has 1 unspecified atom stereocenters. The van der Waals surface area contributed by atoms with Gasteiger partial charge in [-0.05, 0) is 59.3 Å². The van der Waals surface area contributed by atoms with Gasteiger partial charge in [-0.25, -0.2) is 0 Å². The lowest BCUT2D eigenvalue weighted by Gasteiger charge is -2.20. The third kappa shape index (κ3) is 6.49. The van der Waals surface area contributed by atoms with E-state index in [1.165, 1.54) is 58.0 Å². The third-order valence-electron chi connectivity index (χ3n) is 3.74. The average molecular weight is 226 g/mol. The highest BCUT2D eigenvalue weighted by Crippen LogP contribution is 2.22. The molecular formula is C14H30N2. The van der Waals surface area contributed by atoms with Gasteiger partial charge >= 0.3 is 0 Å². The minimum Gasteiger partial charge on any atom is -0.314 e. The first kappa shape index (κ1) is 14.0. The van der Waals surface area contributed by atoms with Crippen LogP contribution in [0.15, 0.2) is 0 Å². The first-order chi connectivity index (χ1) is 7.68. The van der Waals surface area contributed by atoms with Gasteiger partial charge in [0.05, 0.1) is 0 Å². The van der Waals surface area contributed by atoms with Crippen molar-refractivity contribution < 1.29 is 0 Å². The molecule has 0 spiro atoms. The molecule has 1 aliphatic rings. The monoisotopic (exact) mass is 226 g/mol. The second-order valence-electron chi connectivity index (χ2n) is 5.76. The lowest BCUT2D eigenvalue weighted by atomic mass is 10.00. The minimum atomic E-state index is 0.672. The van der Waals surface area contributed by atoms with Crippen molar-refractivity contribution in [1.29, 1.82) is 0 Å². The van der Waals surface area contributed by atoms with E-state index >= 15 is 0 Å². The summed E-state index contributed by atoms with van der Waals surface area (Å²) in [5, 5.41) is 3.71. The summed E-state index contributed by atoms with van der Waals surface area (Å²) < 4.78 is 0. The van der Waals surface area contributed by atoms with Crippen LogP contribution in [0.25, 0.3) is 0 Å². The molecule has 1 N–H and O–H groups in total. The highest BCUT2D eigenvalue weighted by Gasteiger charge is 2.12. The van der Waals surface area contributed by atoms with Gasteiger partial charge in [-0.1, -0.05) is 25.7 Å². The lowest BCUT2D eigenvalue weighted by molar-refractivity contribution is 0.344. The van der Waals surface area contributed by atoms with Gasteiger partial charge in [0, 0.05) is 6.04 Å². The molecule has 1 atom stereocenters. The average Bonchev–Trinajstić information content (AvgIpc) is 2.51. The van der Waals surface area contributed by atoms with Gasteiger partial charge in [0.2, 0.25) is 0 Å². The van der Waals surface area contributed by atoms with Gasteiger partial charge in [-0.15, -0.1) is 0 Å². The minimum absolute atomic E-state index is 0.672. The van der Waals surface area contributed by atoms with Crippen LogP contribution >= 0.6 is 0 Å². The molecule has 0 radical (unpaired) electrons. The molecule has 1 saturated carbocycles. The fourth-order valence-electron chi connectivity index (χ4n) is 2.49. The van der Waals surface area contributed by atoms with Crippen LogP contribution in [-0.4, -0.2) is 38.1 Å². The molecule has 0 amide bonds. The van der Waals surface area contributed by atoms with E-state index in [2.05, 4.69) is 31.2 Å². The Morgan fingerprint density at radius 2 is 1.75 bits per heavy atom. The van der Waals surface area contributed by atoms with Crippen LogP contribution in [0.2, 0.25) is 0 Å². The Labute approximate surface area is 102 Å².